The van der Waals surface area contributed by atoms with Gasteiger partial charge in [0.2, 0.25) is 4.80 Å². The van der Waals surface area contributed by atoms with Crippen LogP contribution in [0.2, 0.25) is 5.02 Å². The van der Waals surface area contributed by atoms with E-state index in [9.17, 15) is 10.1 Å². The predicted molar refractivity (Wildman–Crippen MR) is 107 cm³/mol. The summed E-state index contributed by atoms with van der Waals surface area (Å²) in [6.07, 6.45) is 1.58. The Hall–Kier alpha value is -2.29. The molecule has 0 saturated heterocycles. The smallest absolute Gasteiger partial charge is 0.258 e. The Kier molecular flexibility index (Phi) is 5.65. The number of thiazole rings is 1. The number of benzene rings is 1. The Labute approximate surface area is 162 Å². The monoisotopic (exact) mass is 406 g/mol. The first-order valence-corrected chi connectivity index (χ1v) is 9.86. The average Bonchev–Trinajstić information content (AvgIpc) is 3.23. The van der Waals surface area contributed by atoms with Gasteiger partial charge >= 0.3 is 0 Å². The Morgan fingerprint density at radius 1 is 1.31 bits per heavy atom. The van der Waals surface area contributed by atoms with E-state index in [2.05, 4.69) is 10.1 Å². The SMILES string of the molecule is CC(C)N=c1scc(-c2cccs2)n1N=Cc1ccc(Cl)c([N+](=O)[O-])c1. The van der Waals surface area contributed by atoms with Crippen LogP contribution < -0.4 is 4.80 Å². The summed E-state index contributed by atoms with van der Waals surface area (Å²) < 4.78 is 1.76. The number of nitro groups is 1. The van der Waals surface area contributed by atoms with Gasteiger partial charge < -0.3 is 0 Å². The van der Waals surface area contributed by atoms with Crippen molar-refractivity contribution in [3.8, 4) is 10.6 Å². The standard InChI is InChI=1S/C17H15ClN4O2S2/c1-11(2)20-17-21(15(10-26-17)16-4-3-7-25-16)19-9-12-5-6-13(18)14(8-12)22(23)24/h3-11H,1-2H3. The minimum atomic E-state index is -0.506. The van der Waals surface area contributed by atoms with Crippen LogP contribution in [-0.4, -0.2) is 21.9 Å². The highest BCUT2D eigenvalue weighted by atomic mass is 35.5. The van der Waals surface area contributed by atoms with Gasteiger partial charge in [-0.25, -0.2) is 4.68 Å². The van der Waals surface area contributed by atoms with Crippen molar-refractivity contribution in [1.82, 2.24) is 4.68 Å². The minimum absolute atomic E-state index is 0.102. The van der Waals surface area contributed by atoms with Crippen molar-refractivity contribution >= 4 is 46.2 Å². The molecule has 3 aromatic rings. The average molecular weight is 407 g/mol. The Morgan fingerprint density at radius 2 is 2.12 bits per heavy atom. The fraction of sp³-hybridized carbons (Fsp3) is 0.176. The zero-order valence-electron chi connectivity index (χ0n) is 14.0. The summed E-state index contributed by atoms with van der Waals surface area (Å²) in [6.45, 7) is 4.00. The van der Waals surface area contributed by atoms with Gasteiger partial charge in [0.25, 0.3) is 5.69 Å². The number of thiophene rings is 1. The summed E-state index contributed by atoms with van der Waals surface area (Å²) in [4.78, 5) is 17.0. The fourth-order valence-corrected chi connectivity index (χ4v) is 4.14. The number of halogens is 1. The quantitative estimate of drug-likeness (QED) is 0.338. The van der Waals surface area contributed by atoms with E-state index in [0.29, 0.717) is 5.56 Å². The molecule has 0 N–H and O–H groups in total. The summed E-state index contributed by atoms with van der Waals surface area (Å²) in [5.74, 6) is 0. The molecule has 0 aliphatic rings. The van der Waals surface area contributed by atoms with Crippen molar-refractivity contribution in [2.45, 2.75) is 19.9 Å². The van der Waals surface area contributed by atoms with Crippen LogP contribution in [0.25, 0.3) is 10.6 Å². The van der Waals surface area contributed by atoms with Crippen LogP contribution in [-0.2, 0) is 0 Å². The van der Waals surface area contributed by atoms with E-state index in [4.69, 9.17) is 11.6 Å². The third-order valence-electron chi connectivity index (χ3n) is 3.32. The van der Waals surface area contributed by atoms with E-state index in [1.165, 1.54) is 23.5 Å². The molecular weight excluding hydrogens is 392 g/mol. The molecule has 0 saturated carbocycles. The second-order valence-corrected chi connectivity index (χ2v) is 7.82. The van der Waals surface area contributed by atoms with Crippen LogP contribution in [0.3, 0.4) is 0 Å². The highest BCUT2D eigenvalue weighted by molar-refractivity contribution is 7.14. The van der Waals surface area contributed by atoms with Crippen LogP contribution in [0.5, 0.6) is 0 Å². The lowest BCUT2D eigenvalue weighted by atomic mass is 10.2. The fourth-order valence-electron chi connectivity index (χ4n) is 2.19. The summed E-state index contributed by atoms with van der Waals surface area (Å²) >= 11 is 8.99. The van der Waals surface area contributed by atoms with Gasteiger partial charge in [-0.2, -0.15) is 5.10 Å². The molecule has 0 unspecified atom stereocenters. The number of hydrogen-bond acceptors (Lipinski definition) is 6. The molecule has 134 valence electrons. The topological polar surface area (TPSA) is 72.8 Å². The third-order valence-corrected chi connectivity index (χ3v) is 5.36. The summed E-state index contributed by atoms with van der Waals surface area (Å²) in [5, 5.41) is 19.7. The van der Waals surface area contributed by atoms with Crippen molar-refractivity contribution in [3.05, 3.63) is 66.6 Å². The second-order valence-electron chi connectivity index (χ2n) is 5.63. The zero-order chi connectivity index (χ0) is 18.7. The number of aromatic nitrogens is 1. The van der Waals surface area contributed by atoms with E-state index < -0.39 is 4.92 Å². The van der Waals surface area contributed by atoms with Crippen LogP contribution in [0.4, 0.5) is 5.69 Å². The maximum absolute atomic E-state index is 11.1. The maximum atomic E-state index is 11.1. The van der Waals surface area contributed by atoms with Gasteiger partial charge in [0, 0.05) is 23.1 Å². The van der Waals surface area contributed by atoms with Crippen LogP contribution in [0.1, 0.15) is 19.4 Å². The number of hydrogen-bond donors (Lipinski definition) is 0. The molecule has 0 bridgehead atoms. The number of rotatable bonds is 5. The van der Waals surface area contributed by atoms with Crippen molar-refractivity contribution in [3.63, 3.8) is 0 Å². The van der Waals surface area contributed by atoms with Gasteiger partial charge in [-0.3, -0.25) is 15.1 Å². The highest BCUT2D eigenvalue weighted by Crippen LogP contribution is 2.26. The van der Waals surface area contributed by atoms with Crippen molar-refractivity contribution in [2.24, 2.45) is 10.1 Å². The number of nitrogens with zero attached hydrogens (tertiary/aromatic N) is 4. The molecule has 0 radical (unpaired) electrons. The third kappa shape index (κ3) is 4.09. The molecule has 0 aliphatic heterocycles. The largest absolute Gasteiger partial charge is 0.288 e. The first kappa shape index (κ1) is 18.5. The summed E-state index contributed by atoms with van der Waals surface area (Å²) in [6, 6.07) is 8.72. The second kappa shape index (κ2) is 7.94. The molecule has 9 heteroatoms. The number of nitro benzene ring substituents is 1. The lowest BCUT2D eigenvalue weighted by Crippen LogP contribution is -2.14. The lowest BCUT2D eigenvalue weighted by Gasteiger charge is -2.02. The zero-order valence-corrected chi connectivity index (χ0v) is 16.4. The van der Waals surface area contributed by atoms with Gasteiger partial charge in [0.05, 0.1) is 21.7 Å². The van der Waals surface area contributed by atoms with Gasteiger partial charge in [-0.15, -0.1) is 22.7 Å². The molecule has 0 fully saturated rings. The summed E-state index contributed by atoms with van der Waals surface area (Å²) in [5.41, 5.74) is 1.38. The van der Waals surface area contributed by atoms with Gasteiger partial charge in [-0.05, 0) is 31.4 Å². The van der Waals surface area contributed by atoms with Crippen LogP contribution in [0.15, 0.2) is 51.2 Å². The molecule has 6 nitrogen and oxygen atoms in total. The summed E-state index contributed by atoms with van der Waals surface area (Å²) in [7, 11) is 0. The molecule has 0 amide bonds. The van der Waals surface area contributed by atoms with E-state index in [0.717, 1.165) is 15.4 Å². The van der Waals surface area contributed by atoms with E-state index in [1.54, 1.807) is 28.3 Å². The molecule has 2 heterocycles. The van der Waals surface area contributed by atoms with Gasteiger partial charge in [0.15, 0.2) is 0 Å². The minimum Gasteiger partial charge on any atom is -0.258 e. The Morgan fingerprint density at radius 3 is 2.77 bits per heavy atom. The van der Waals surface area contributed by atoms with Crippen molar-refractivity contribution in [2.75, 3.05) is 0 Å². The normalized spacial score (nSPS) is 12.4. The van der Waals surface area contributed by atoms with Crippen LogP contribution in [0, 0.1) is 10.1 Å². The molecule has 0 atom stereocenters. The Bertz CT molecular complexity index is 1020. The van der Waals surface area contributed by atoms with Gasteiger partial charge in [-0.1, -0.05) is 23.7 Å². The van der Waals surface area contributed by atoms with Crippen LogP contribution >= 0.6 is 34.3 Å². The van der Waals surface area contributed by atoms with Crippen molar-refractivity contribution < 1.29 is 4.92 Å². The highest BCUT2D eigenvalue weighted by Gasteiger charge is 2.12. The van der Waals surface area contributed by atoms with E-state index in [-0.39, 0.29) is 16.8 Å². The lowest BCUT2D eigenvalue weighted by molar-refractivity contribution is -0.384. The van der Waals surface area contributed by atoms with E-state index >= 15 is 0 Å². The predicted octanol–water partition coefficient (Wildman–Crippen LogP) is 5.03. The molecule has 1 aromatic carbocycles. The molecule has 0 spiro atoms. The Balaban J connectivity index is 2.06. The molecule has 3 rings (SSSR count). The van der Waals surface area contributed by atoms with Gasteiger partial charge in [0.1, 0.15) is 5.02 Å². The first-order chi connectivity index (χ1) is 12.5. The molecule has 0 aliphatic carbocycles. The first-order valence-electron chi connectivity index (χ1n) is 7.72. The van der Waals surface area contributed by atoms with Crippen molar-refractivity contribution in [1.29, 1.82) is 0 Å². The molecular formula is C17H15ClN4O2S2. The molecule has 26 heavy (non-hydrogen) atoms. The van der Waals surface area contributed by atoms with E-state index in [1.807, 2.05) is 36.7 Å². The maximum Gasteiger partial charge on any atom is 0.288 e. The molecule has 2 aromatic heterocycles.